The summed E-state index contributed by atoms with van der Waals surface area (Å²) in [6, 6.07) is 6.95. The van der Waals surface area contributed by atoms with E-state index in [4.69, 9.17) is 0 Å². The van der Waals surface area contributed by atoms with Crippen LogP contribution in [0.1, 0.15) is 6.92 Å². The van der Waals surface area contributed by atoms with Crippen molar-refractivity contribution in [2.75, 3.05) is 11.9 Å². The fraction of sp³-hybridized carbons (Fsp3) is 0.176. The number of hydrogen-bond donors (Lipinski definition) is 2. The van der Waals surface area contributed by atoms with E-state index in [-0.39, 0.29) is 0 Å². The molecule has 3 rings (SSSR count). The lowest BCUT2D eigenvalue weighted by molar-refractivity contribution is -0.123. The van der Waals surface area contributed by atoms with Gasteiger partial charge < -0.3 is 10.6 Å². The molecule has 0 saturated heterocycles. The molecule has 2 N–H and O–H groups in total. The third-order valence-corrected chi connectivity index (χ3v) is 4.72. The smallest absolute Gasteiger partial charge is 0.243 e. The summed E-state index contributed by atoms with van der Waals surface area (Å²) < 4.78 is 41.3. The molecule has 0 unspecified atom stereocenters. The number of aromatic nitrogens is 3. The zero-order valence-electron chi connectivity index (χ0n) is 14.4. The molecule has 0 radical (unpaired) electrons. The van der Waals surface area contributed by atoms with Crippen LogP contribution in [0.3, 0.4) is 0 Å². The Morgan fingerprint density at radius 1 is 1.14 bits per heavy atom. The number of nitrogens with zero attached hydrogens (tertiary/aromatic N) is 3. The number of thioether (sulfide) groups is 1. The average molecular weight is 409 g/mol. The Morgan fingerprint density at radius 2 is 1.93 bits per heavy atom. The first kappa shape index (κ1) is 19.7. The van der Waals surface area contributed by atoms with E-state index in [1.807, 2.05) is 6.07 Å². The largest absolute Gasteiger partial charge is 0.346 e. The maximum atomic E-state index is 13.6. The third kappa shape index (κ3) is 4.25. The molecule has 0 saturated carbocycles. The van der Waals surface area contributed by atoms with Crippen molar-refractivity contribution >= 4 is 34.9 Å². The monoisotopic (exact) mass is 409 g/mol. The molecule has 3 aromatic rings. The Morgan fingerprint density at radius 3 is 2.71 bits per heavy atom. The van der Waals surface area contributed by atoms with Crippen molar-refractivity contribution in [1.29, 1.82) is 0 Å². The molecule has 7 nitrogen and oxygen atoms in total. The van der Waals surface area contributed by atoms with Crippen molar-refractivity contribution in [3.8, 4) is 0 Å². The molecule has 1 atom stereocenters. The molecule has 2 amide bonds. The molecule has 28 heavy (non-hydrogen) atoms. The van der Waals surface area contributed by atoms with Gasteiger partial charge in [-0.3, -0.25) is 14.0 Å². The molecule has 0 aliphatic heterocycles. The first-order valence-corrected chi connectivity index (χ1v) is 8.92. The number of carbonyl (C=O) groups excluding carboxylic acids is 2. The van der Waals surface area contributed by atoms with Gasteiger partial charge >= 0.3 is 0 Å². The van der Waals surface area contributed by atoms with Crippen LogP contribution in [-0.4, -0.2) is 38.2 Å². The summed E-state index contributed by atoms with van der Waals surface area (Å²) in [5, 5.41) is 12.4. The standard InChI is InChI=1S/C17H14F3N5O2S/c1-9(28-17-24-23-12-4-2-3-7-25(12)17)16(27)21-8-13(26)22-11-6-5-10(18)14(19)15(11)20/h2-7,9H,8H2,1H3,(H,21,27)(H,22,26)/t9-/m1/s1. The maximum absolute atomic E-state index is 13.6. The minimum atomic E-state index is -1.69. The highest BCUT2D eigenvalue weighted by molar-refractivity contribution is 8.00. The minimum Gasteiger partial charge on any atom is -0.346 e. The van der Waals surface area contributed by atoms with Crippen LogP contribution in [0.2, 0.25) is 0 Å². The topological polar surface area (TPSA) is 88.4 Å². The molecule has 11 heteroatoms. The zero-order chi connectivity index (χ0) is 20.3. The highest BCUT2D eigenvalue weighted by Gasteiger charge is 2.19. The van der Waals surface area contributed by atoms with Gasteiger partial charge in [-0.05, 0) is 31.2 Å². The normalized spacial score (nSPS) is 12.0. The van der Waals surface area contributed by atoms with Crippen LogP contribution in [0, 0.1) is 17.5 Å². The lowest BCUT2D eigenvalue weighted by atomic mass is 10.2. The fourth-order valence-electron chi connectivity index (χ4n) is 2.24. The van der Waals surface area contributed by atoms with Crippen molar-refractivity contribution in [3.63, 3.8) is 0 Å². The van der Waals surface area contributed by atoms with Crippen molar-refractivity contribution in [1.82, 2.24) is 19.9 Å². The van der Waals surface area contributed by atoms with E-state index in [2.05, 4.69) is 20.8 Å². The van der Waals surface area contributed by atoms with Gasteiger partial charge in [0.25, 0.3) is 0 Å². The molecule has 0 aliphatic carbocycles. The van der Waals surface area contributed by atoms with Gasteiger partial charge in [-0.25, -0.2) is 13.2 Å². The van der Waals surface area contributed by atoms with E-state index >= 15 is 0 Å². The summed E-state index contributed by atoms with van der Waals surface area (Å²) in [7, 11) is 0. The van der Waals surface area contributed by atoms with E-state index < -0.39 is 46.7 Å². The Balaban J connectivity index is 1.54. The van der Waals surface area contributed by atoms with Crippen molar-refractivity contribution in [2.24, 2.45) is 0 Å². The summed E-state index contributed by atoms with van der Waals surface area (Å²) >= 11 is 1.14. The number of halogens is 3. The van der Waals surface area contributed by atoms with Gasteiger partial charge in [0.2, 0.25) is 11.8 Å². The van der Waals surface area contributed by atoms with Crippen molar-refractivity contribution < 1.29 is 22.8 Å². The van der Waals surface area contributed by atoms with Gasteiger partial charge in [0, 0.05) is 6.20 Å². The number of hydrogen-bond acceptors (Lipinski definition) is 5. The Bertz CT molecular complexity index is 1040. The average Bonchev–Trinajstić information content (AvgIpc) is 3.09. The second kappa shape index (κ2) is 8.30. The maximum Gasteiger partial charge on any atom is 0.243 e. The van der Waals surface area contributed by atoms with E-state index in [0.717, 1.165) is 17.8 Å². The summed E-state index contributed by atoms with van der Waals surface area (Å²) in [4.78, 5) is 24.0. The number of fused-ring (bicyclic) bond motifs is 1. The highest BCUT2D eigenvalue weighted by atomic mass is 32.2. The summed E-state index contributed by atoms with van der Waals surface area (Å²) in [6.45, 7) is 1.15. The molecule has 0 aliphatic rings. The molecule has 0 fully saturated rings. The molecule has 0 bridgehead atoms. The highest BCUT2D eigenvalue weighted by Crippen LogP contribution is 2.22. The van der Waals surface area contributed by atoms with Crippen LogP contribution in [0.5, 0.6) is 0 Å². The lowest BCUT2D eigenvalue weighted by Gasteiger charge is -2.11. The predicted molar refractivity (Wildman–Crippen MR) is 96.3 cm³/mol. The summed E-state index contributed by atoms with van der Waals surface area (Å²) in [5.74, 6) is -5.81. The number of benzene rings is 1. The first-order chi connectivity index (χ1) is 13.4. The van der Waals surface area contributed by atoms with E-state index in [1.54, 1.807) is 29.7 Å². The molecule has 0 spiro atoms. The van der Waals surface area contributed by atoms with Gasteiger partial charge in [-0.2, -0.15) is 0 Å². The molecule has 1 aromatic carbocycles. The van der Waals surface area contributed by atoms with Gasteiger partial charge in [0.05, 0.1) is 17.5 Å². The van der Waals surface area contributed by atoms with E-state index in [0.29, 0.717) is 16.9 Å². The number of nitrogens with one attached hydrogen (secondary N) is 2. The predicted octanol–water partition coefficient (Wildman–Crippen LogP) is 2.38. The second-order valence-electron chi connectivity index (χ2n) is 5.66. The van der Waals surface area contributed by atoms with Crippen LogP contribution in [0.25, 0.3) is 5.65 Å². The SMILES string of the molecule is C[C@@H](Sc1nnc2ccccn12)C(=O)NCC(=O)Nc1ccc(F)c(F)c1F. The molecule has 2 heterocycles. The minimum absolute atomic E-state index is 0.460. The van der Waals surface area contributed by atoms with Crippen molar-refractivity contribution in [2.45, 2.75) is 17.3 Å². The zero-order valence-corrected chi connectivity index (χ0v) is 15.3. The second-order valence-corrected chi connectivity index (χ2v) is 6.97. The number of carbonyl (C=O) groups is 2. The first-order valence-electron chi connectivity index (χ1n) is 8.04. The quantitative estimate of drug-likeness (QED) is 0.482. The van der Waals surface area contributed by atoms with Crippen LogP contribution < -0.4 is 10.6 Å². The third-order valence-electron chi connectivity index (χ3n) is 3.67. The van der Waals surface area contributed by atoms with Crippen LogP contribution in [-0.2, 0) is 9.59 Å². The molecular weight excluding hydrogens is 395 g/mol. The van der Waals surface area contributed by atoms with E-state index in [1.165, 1.54) is 0 Å². The Kier molecular flexibility index (Phi) is 5.83. The summed E-state index contributed by atoms with van der Waals surface area (Å²) in [5.41, 5.74) is 0.112. The number of anilines is 1. The molecule has 146 valence electrons. The van der Waals surface area contributed by atoms with Gasteiger partial charge in [-0.1, -0.05) is 17.8 Å². The van der Waals surface area contributed by atoms with Crippen LogP contribution >= 0.6 is 11.8 Å². The summed E-state index contributed by atoms with van der Waals surface area (Å²) in [6.07, 6.45) is 1.76. The van der Waals surface area contributed by atoms with Crippen molar-refractivity contribution in [3.05, 3.63) is 54.0 Å². The lowest BCUT2D eigenvalue weighted by Crippen LogP contribution is -2.37. The molecular formula is C17H14F3N5O2S. The number of amides is 2. The van der Waals surface area contributed by atoms with E-state index in [9.17, 15) is 22.8 Å². The number of rotatable bonds is 6. The van der Waals surface area contributed by atoms with Gasteiger partial charge in [0.15, 0.2) is 28.3 Å². The fourth-order valence-corrected chi connectivity index (χ4v) is 3.10. The molecule has 2 aromatic heterocycles. The van der Waals surface area contributed by atoms with Gasteiger partial charge in [0.1, 0.15) is 0 Å². The Hall–Kier alpha value is -3.08. The number of pyridine rings is 1. The van der Waals surface area contributed by atoms with Crippen LogP contribution in [0.4, 0.5) is 18.9 Å². The van der Waals surface area contributed by atoms with Crippen LogP contribution in [0.15, 0.2) is 41.7 Å². The Labute approximate surface area is 161 Å². The van der Waals surface area contributed by atoms with Gasteiger partial charge in [-0.15, -0.1) is 10.2 Å².